The predicted molar refractivity (Wildman–Crippen MR) is 107 cm³/mol. The Morgan fingerprint density at radius 3 is 2.37 bits per heavy atom. The molecule has 0 aliphatic heterocycles. The van der Waals surface area contributed by atoms with Crippen molar-refractivity contribution >= 4 is 28.8 Å². The zero-order valence-corrected chi connectivity index (χ0v) is 15.7. The van der Waals surface area contributed by atoms with Crippen LogP contribution >= 0.6 is 0 Å². The second-order valence-electron chi connectivity index (χ2n) is 5.92. The average molecular weight is 366 g/mol. The number of rotatable bonds is 7. The van der Waals surface area contributed by atoms with E-state index in [2.05, 4.69) is 25.8 Å². The lowest BCUT2D eigenvalue weighted by molar-refractivity contribution is 0.405. The Labute approximate surface area is 158 Å². The second kappa shape index (κ2) is 8.22. The first kappa shape index (κ1) is 18.2. The highest BCUT2D eigenvalue weighted by Gasteiger charge is 2.08. The van der Waals surface area contributed by atoms with Gasteiger partial charge < -0.3 is 25.0 Å². The summed E-state index contributed by atoms with van der Waals surface area (Å²) in [4.78, 5) is 6.48. The third-order valence-electron chi connectivity index (χ3n) is 3.87. The summed E-state index contributed by atoms with van der Waals surface area (Å²) in [5, 5.41) is 14.4. The molecule has 3 aromatic rings. The summed E-state index contributed by atoms with van der Waals surface area (Å²) in [7, 11) is 7.21. The summed E-state index contributed by atoms with van der Waals surface area (Å²) in [6.45, 7) is 0. The molecule has 0 bridgehead atoms. The van der Waals surface area contributed by atoms with Gasteiger partial charge in [-0.1, -0.05) is 0 Å². The Morgan fingerprint density at radius 1 is 0.926 bits per heavy atom. The fraction of sp³-hybridized carbons (Fsp3) is 0.211. The summed E-state index contributed by atoms with van der Waals surface area (Å²) < 4.78 is 10.6. The second-order valence-corrected chi connectivity index (χ2v) is 5.92. The largest absolute Gasteiger partial charge is 0.497 e. The van der Waals surface area contributed by atoms with Crippen molar-refractivity contribution in [2.75, 3.05) is 43.8 Å². The first-order valence-electron chi connectivity index (χ1n) is 8.32. The molecular formula is C19H22N6O2. The summed E-state index contributed by atoms with van der Waals surface area (Å²) in [6.07, 6.45) is 1.54. The molecule has 1 aromatic heterocycles. The number of hydrogen-bond acceptors (Lipinski definition) is 8. The van der Waals surface area contributed by atoms with Gasteiger partial charge in [-0.2, -0.15) is 10.1 Å². The van der Waals surface area contributed by atoms with Crippen LogP contribution in [0.15, 0.2) is 48.7 Å². The van der Waals surface area contributed by atoms with Crippen LogP contribution in [0.4, 0.5) is 28.8 Å². The molecule has 1 heterocycles. The van der Waals surface area contributed by atoms with Crippen LogP contribution in [0.5, 0.6) is 11.5 Å². The Balaban J connectivity index is 1.78. The number of methoxy groups -OCH3 is 2. The Bertz CT molecular complexity index is 899. The summed E-state index contributed by atoms with van der Waals surface area (Å²) in [6, 6.07) is 13.4. The number of nitrogens with zero attached hydrogens (tertiary/aromatic N) is 4. The van der Waals surface area contributed by atoms with Crippen LogP contribution < -0.4 is 25.0 Å². The minimum atomic E-state index is 0.388. The molecule has 0 spiro atoms. The van der Waals surface area contributed by atoms with Gasteiger partial charge in [-0.3, -0.25) is 0 Å². The smallest absolute Gasteiger partial charge is 0.249 e. The minimum absolute atomic E-state index is 0.388. The van der Waals surface area contributed by atoms with E-state index in [-0.39, 0.29) is 0 Å². The third-order valence-corrected chi connectivity index (χ3v) is 3.87. The fourth-order valence-electron chi connectivity index (χ4n) is 2.44. The van der Waals surface area contributed by atoms with Gasteiger partial charge >= 0.3 is 0 Å². The standard InChI is InChI=1S/C19H22N6O2/c1-25(2)14-7-5-13(6-8-14)21-19-23-18(12-20-24-19)22-16-11-15(26-3)9-10-17(16)27-4/h5-12H,1-4H3,(H2,21,22,23,24). The molecule has 0 fully saturated rings. The number of benzene rings is 2. The molecule has 0 unspecified atom stereocenters. The van der Waals surface area contributed by atoms with Crippen molar-refractivity contribution < 1.29 is 9.47 Å². The zero-order valence-electron chi connectivity index (χ0n) is 15.7. The maximum absolute atomic E-state index is 5.37. The topological polar surface area (TPSA) is 84.4 Å². The monoisotopic (exact) mass is 366 g/mol. The minimum Gasteiger partial charge on any atom is -0.497 e. The number of ether oxygens (including phenoxy) is 2. The van der Waals surface area contributed by atoms with Crippen molar-refractivity contribution in [3.05, 3.63) is 48.7 Å². The van der Waals surface area contributed by atoms with Gasteiger partial charge in [0.2, 0.25) is 5.95 Å². The predicted octanol–water partition coefficient (Wildman–Crippen LogP) is 3.44. The lowest BCUT2D eigenvalue weighted by Crippen LogP contribution is -2.08. The lowest BCUT2D eigenvalue weighted by atomic mass is 10.2. The van der Waals surface area contributed by atoms with Gasteiger partial charge in [0.15, 0.2) is 5.82 Å². The maximum atomic E-state index is 5.37. The van der Waals surface area contributed by atoms with Crippen molar-refractivity contribution in [3.8, 4) is 11.5 Å². The molecule has 0 radical (unpaired) electrons. The molecule has 0 atom stereocenters. The van der Waals surface area contributed by atoms with Crippen molar-refractivity contribution in [2.45, 2.75) is 0 Å². The van der Waals surface area contributed by atoms with Crippen LogP contribution in [-0.4, -0.2) is 43.5 Å². The Morgan fingerprint density at radius 2 is 1.70 bits per heavy atom. The molecule has 8 nitrogen and oxygen atoms in total. The summed E-state index contributed by atoms with van der Waals surface area (Å²) in [5.41, 5.74) is 2.71. The van der Waals surface area contributed by atoms with E-state index in [0.717, 1.165) is 17.1 Å². The number of anilines is 5. The molecule has 0 saturated carbocycles. The molecule has 0 amide bonds. The van der Waals surface area contributed by atoms with E-state index in [1.54, 1.807) is 20.4 Å². The third kappa shape index (κ3) is 4.55. The van der Waals surface area contributed by atoms with Gasteiger partial charge in [-0.15, -0.1) is 5.10 Å². The summed E-state index contributed by atoms with van der Waals surface area (Å²) >= 11 is 0. The van der Waals surface area contributed by atoms with E-state index in [9.17, 15) is 0 Å². The van der Waals surface area contributed by atoms with Crippen LogP contribution in [0.25, 0.3) is 0 Å². The number of hydrogen-bond donors (Lipinski definition) is 2. The zero-order chi connectivity index (χ0) is 19.2. The van der Waals surface area contributed by atoms with Crippen LogP contribution in [0.3, 0.4) is 0 Å². The molecule has 2 N–H and O–H groups in total. The lowest BCUT2D eigenvalue weighted by Gasteiger charge is -2.13. The highest BCUT2D eigenvalue weighted by Crippen LogP contribution is 2.31. The Hall–Kier alpha value is -3.55. The van der Waals surface area contributed by atoms with Crippen molar-refractivity contribution in [1.82, 2.24) is 15.2 Å². The average Bonchev–Trinajstić information content (AvgIpc) is 2.68. The highest BCUT2D eigenvalue weighted by atomic mass is 16.5. The molecule has 0 aliphatic rings. The molecule has 0 aliphatic carbocycles. The molecule has 8 heteroatoms. The number of nitrogens with one attached hydrogen (secondary N) is 2. The summed E-state index contributed by atoms with van der Waals surface area (Å²) in [5.74, 6) is 2.30. The molecular weight excluding hydrogens is 344 g/mol. The maximum Gasteiger partial charge on any atom is 0.249 e. The molecule has 0 saturated heterocycles. The van der Waals surface area contributed by atoms with Crippen molar-refractivity contribution in [2.24, 2.45) is 0 Å². The van der Waals surface area contributed by atoms with E-state index in [1.165, 1.54) is 0 Å². The molecule has 140 valence electrons. The van der Waals surface area contributed by atoms with Gasteiger partial charge in [0.05, 0.1) is 26.1 Å². The number of aromatic nitrogens is 3. The molecule has 3 rings (SSSR count). The van der Waals surface area contributed by atoms with E-state index in [0.29, 0.717) is 23.3 Å². The van der Waals surface area contributed by atoms with Crippen molar-refractivity contribution in [1.29, 1.82) is 0 Å². The first-order valence-corrected chi connectivity index (χ1v) is 8.32. The van der Waals surface area contributed by atoms with Crippen LogP contribution in [0.2, 0.25) is 0 Å². The van der Waals surface area contributed by atoms with E-state index >= 15 is 0 Å². The van der Waals surface area contributed by atoms with Gasteiger partial charge in [0, 0.05) is 31.5 Å². The van der Waals surface area contributed by atoms with Gasteiger partial charge in [-0.25, -0.2) is 0 Å². The van der Waals surface area contributed by atoms with E-state index in [4.69, 9.17) is 9.47 Å². The van der Waals surface area contributed by atoms with E-state index in [1.807, 2.05) is 61.5 Å². The fourth-order valence-corrected chi connectivity index (χ4v) is 2.44. The normalized spacial score (nSPS) is 10.2. The quantitative estimate of drug-likeness (QED) is 0.658. The Kier molecular flexibility index (Phi) is 5.55. The van der Waals surface area contributed by atoms with Gasteiger partial charge in [-0.05, 0) is 36.4 Å². The van der Waals surface area contributed by atoms with Gasteiger partial charge in [0.25, 0.3) is 0 Å². The van der Waals surface area contributed by atoms with E-state index < -0.39 is 0 Å². The van der Waals surface area contributed by atoms with Crippen LogP contribution in [0.1, 0.15) is 0 Å². The van der Waals surface area contributed by atoms with Crippen molar-refractivity contribution in [3.63, 3.8) is 0 Å². The van der Waals surface area contributed by atoms with Crippen LogP contribution in [-0.2, 0) is 0 Å². The van der Waals surface area contributed by atoms with Gasteiger partial charge in [0.1, 0.15) is 11.5 Å². The molecule has 27 heavy (non-hydrogen) atoms. The molecule has 2 aromatic carbocycles. The van der Waals surface area contributed by atoms with Crippen LogP contribution in [0, 0.1) is 0 Å². The first-order chi connectivity index (χ1) is 13.1. The highest BCUT2D eigenvalue weighted by molar-refractivity contribution is 5.67. The SMILES string of the molecule is COc1ccc(OC)c(Nc2cnnc(Nc3ccc(N(C)C)cc3)n2)c1.